The van der Waals surface area contributed by atoms with E-state index in [0.29, 0.717) is 17.1 Å². The Morgan fingerprint density at radius 1 is 1.06 bits per heavy atom. The predicted octanol–water partition coefficient (Wildman–Crippen LogP) is 5.58. The van der Waals surface area contributed by atoms with E-state index in [9.17, 15) is 8.78 Å². The molecule has 0 atom stereocenters. The molecule has 0 fully saturated rings. The van der Waals surface area contributed by atoms with Gasteiger partial charge in [0.05, 0.1) is 23.3 Å². The van der Waals surface area contributed by atoms with Gasteiger partial charge in [0.25, 0.3) is 5.92 Å². The van der Waals surface area contributed by atoms with Gasteiger partial charge in [0.15, 0.2) is 5.82 Å². The van der Waals surface area contributed by atoms with Crippen molar-refractivity contribution in [2.75, 3.05) is 35.3 Å². The van der Waals surface area contributed by atoms with Crippen LogP contribution < -0.4 is 15.1 Å². The molecule has 0 saturated heterocycles. The number of alkyl halides is 2. The maximum absolute atomic E-state index is 13.9. The van der Waals surface area contributed by atoms with Crippen LogP contribution in [0.15, 0.2) is 61.5 Å². The molecule has 1 N–H and O–H groups in total. The quantitative estimate of drug-likeness (QED) is 0.548. The largest absolute Gasteiger partial charge is 0.372 e. The van der Waals surface area contributed by atoms with E-state index >= 15 is 0 Å². The average Bonchev–Trinajstić information content (AvgIpc) is 2.77. The number of pyridine rings is 3. The van der Waals surface area contributed by atoms with Gasteiger partial charge in [0.2, 0.25) is 0 Å². The Labute approximate surface area is 193 Å². The highest BCUT2D eigenvalue weighted by atomic mass is 19.3. The molecular weight excluding hydrogens is 422 g/mol. The second kappa shape index (κ2) is 9.13. The second-order valence-electron chi connectivity index (χ2n) is 8.49. The molecule has 0 saturated carbocycles. The van der Waals surface area contributed by atoms with E-state index in [0.717, 1.165) is 55.6 Å². The summed E-state index contributed by atoms with van der Waals surface area (Å²) in [4.78, 5) is 17.4. The first-order valence-corrected chi connectivity index (χ1v) is 10.9. The number of anilines is 3. The maximum Gasteiger partial charge on any atom is 0.272 e. The standard InChI is InChI=1S/C25H28F2N6/c1-17-11-21(16-28-13-17)30-18(2)33-10-6-5-9-32(4)23-8-7-22(31-24(23)33)19-12-20(15-29-14-19)25(3,26)27/h7-8,11-16,30H,2,5-6,9-10H2,1,3-4H3. The van der Waals surface area contributed by atoms with Crippen LogP contribution in [0.1, 0.15) is 30.9 Å². The predicted molar refractivity (Wildman–Crippen MR) is 129 cm³/mol. The summed E-state index contributed by atoms with van der Waals surface area (Å²) in [5, 5.41) is 3.34. The fourth-order valence-electron chi connectivity index (χ4n) is 3.88. The number of rotatable bonds is 5. The van der Waals surface area contributed by atoms with Crippen molar-refractivity contribution in [1.82, 2.24) is 15.0 Å². The maximum atomic E-state index is 13.9. The Hall–Kier alpha value is -3.55. The highest BCUT2D eigenvalue weighted by Gasteiger charge is 2.26. The first-order valence-electron chi connectivity index (χ1n) is 10.9. The van der Waals surface area contributed by atoms with Crippen LogP contribution in [0.3, 0.4) is 0 Å². The second-order valence-corrected chi connectivity index (χ2v) is 8.49. The van der Waals surface area contributed by atoms with Crippen LogP contribution in [0.2, 0.25) is 0 Å². The SMILES string of the molecule is C=C(Nc1cncc(C)c1)N1CCCCN(C)c2ccc(-c3cncc(C(C)(F)F)c3)nc21. The molecule has 0 unspecified atom stereocenters. The zero-order chi connectivity index (χ0) is 23.6. The van der Waals surface area contributed by atoms with Gasteiger partial charge in [-0.15, -0.1) is 0 Å². The van der Waals surface area contributed by atoms with Gasteiger partial charge in [-0.25, -0.2) is 13.8 Å². The summed E-state index contributed by atoms with van der Waals surface area (Å²) >= 11 is 0. The van der Waals surface area contributed by atoms with Gasteiger partial charge in [-0.05, 0) is 49.6 Å². The van der Waals surface area contributed by atoms with Gasteiger partial charge in [-0.3, -0.25) is 9.97 Å². The van der Waals surface area contributed by atoms with Crippen LogP contribution in [0, 0.1) is 6.92 Å². The third-order valence-electron chi connectivity index (χ3n) is 5.68. The van der Waals surface area contributed by atoms with E-state index in [4.69, 9.17) is 4.98 Å². The summed E-state index contributed by atoms with van der Waals surface area (Å²) in [7, 11) is 2.03. The van der Waals surface area contributed by atoms with Crippen molar-refractivity contribution in [3.05, 3.63) is 72.6 Å². The van der Waals surface area contributed by atoms with Gasteiger partial charge in [0.1, 0.15) is 5.82 Å². The number of fused-ring (bicyclic) bond motifs is 1. The molecule has 1 aliphatic rings. The Morgan fingerprint density at radius 2 is 1.82 bits per heavy atom. The summed E-state index contributed by atoms with van der Waals surface area (Å²) in [5.74, 6) is -1.57. The van der Waals surface area contributed by atoms with E-state index in [1.54, 1.807) is 18.6 Å². The molecule has 4 heterocycles. The molecule has 3 aromatic rings. The minimum absolute atomic E-state index is 0.138. The van der Waals surface area contributed by atoms with Crippen molar-refractivity contribution in [3.63, 3.8) is 0 Å². The number of hydrogen-bond donors (Lipinski definition) is 1. The number of aryl methyl sites for hydroxylation is 1. The highest BCUT2D eigenvalue weighted by Crippen LogP contribution is 2.35. The van der Waals surface area contributed by atoms with Gasteiger partial charge in [-0.1, -0.05) is 6.58 Å². The fourth-order valence-corrected chi connectivity index (χ4v) is 3.88. The van der Waals surface area contributed by atoms with Crippen LogP contribution in [-0.4, -0.2) is 35.1 Å². The summed E-state index contributed by atoms with van der Waals surface area (Å²) in [6.07, 6.45) is 8.29. The lowest BCUT2D eigenvalue weighted by molar-refractivity contribution is 0.0171. The van der Waals surface area contributed by atoms with E-state index in [-0.39, 0.29) is 5.56 Å². The summed E-state index contributed by atoms with van der Waals surface area (Å²) in [6.45, 7) is 8.75. The highest BCUT2D eigenvalue weighted by molar-refractivity contribution is 5.75. The normalized spacial score (nSPS) is 14.3. The summed E-state index contributed by atoms with van der Waals surface area (Å²) in [6, 6.07) is 7.28. The number of hydrogen-bond acceptors (Lipinski definition) is 6. The summed E-state index contributed by atoms with van der Waals surface area (Å²) in [5.41, 5.74) is 3.82. The smallest absolute Gasteiger partial charge is 0.272 e. The lowest BCUT2D eigenvalue weighted by atomic mass is 10.1. The van der Waals surface area contributed by atoms with Crippen molar-refractivity contribution in [2.45, 2.75) is 32.6 Å². The van der Waals surface area contributed by atoms with E-state index in [1.165, 1.54) is 12.3 Å². The molecular formula is C25H28F2N6. The number of nitrogens with zero attached hydrogens (tertiary/aromatic N) is 5. The Balaban J connectivity index is 1.74. The zero-order valence-electron chi connectivity index (χ0n) is 19.1. The molecule has 172 valence electrons. The average molecular weight is 451 g/mol. The minimum Gasteiger partial charge on any atom is -0.372 e. The van der Waals surface area contributed by atoms with Gasteiger partial charge in [-0.2, -0.15) is 0 Å². The summed E-state index contributed by atoms with van der Waals surface area (Å²) < 4.78 is 27.8. The zero-order valence-corrected chi connectivity index (χ0v) is 19.1. The van der Waals surface area contributed by atoms with Crippen molar-refractivity contribution < 1.29 is 8.78 Å². The van der Waals surface area contributed by atoms with E-state index < -0.39 is 5.92 Å². The van der Waals surface area contributed by atoms with Crippen molar-refractivity contribution in [1.29, 1.82) is 0 Å². The molecule has 0 bridgehead atoms. The monoisotopic (exact) mass is 450 g/mol. The minimum atomic E-state index is -2.97. The third kappa shape index (κ3) is 5.10. The molecule has 6 nitrogen and oxygen atoms in total. The first kappa shape index (κ1) is 22.6. The topological polar surface area (TPSA) is 57.2 Å². The van der Waals surface area contributed by atoms with Crippen molar-refractivity contribution >= 4 is 17.2 Å². The first-order chi connectivity index (χ1) is 15.7. The van der Waals surface area contributed by atoms with Crippen LogP contribution in [0.5, 0.6) is 0 Å². The fraction of sp³-hybridized carbons (Fsp3) is 0.320. The molecule has 0 aromatic carbocycles. The molecule has 0 radical (unpaired) electrons. The molecule has 3 aromatic heterocycles. The van der Waals surface area contributed by atoms with E-state index in [2.05, 4.69) is 26.8 Å². The number of halogens is 2. The van der Waals surface area contributed by atoms with Gasteiger partial charge < -0.3 is 15.1 Å². The number of aromatic nitrogens is 3. The molecule has 4 rings (SSSR count). The molecule has 1 aliphatic heterocycles. The lowest BCUT2D eigenvalue weighted by Gasteiger charge is -2.34. The third-order valence-corrected chi connectivity index (χ3v) is 5.68. The Morgan fingerprint density at radius 3 is 2.58 bits per heavy atom. The van der Waals surface area contributed by atoms with Crippen LogP contribution >= 0.6 is 0 Å². The van der Waals surface area contributed by atoms with Crippen LogP contribution in [0.25, 0.3) is 11.3 Å². The molecule has 8 heteroatoms. The lowest BCUT2D eigenvalue weighted by Crippen LogP contribution is -2.33. The Kier molecular flexibility index (Phi) is 6.26. The van der Waals surface area contributed by atoms with Crippen LogP contribution in [-0.2, 0) is 5.92 Å². The van der Waals surface area contributed by atoms with E-state index in [1.807, 2.05) is 37.1 Å². The number of nitrogens with one attached hydrogen (secondary N) is 1. The molecule has 0 spiro atoms. The van der Waals surface area contributed by atoms with Crippen molar-refractivity contribution in [3.8, 4) is 11.3 Å². The molecule has 0 amide bonds. The van der Waals surface area contributed by atoms with Crippen LogP contribution in [0.4, 0.5) is 26.0 Å². The van der Waals surface area contributed by atoms with Crippen molar-refractivity contribution in [2.24, 2.45) is 0 Å². The Bertz CT molecular complexity index is 1160. The molecule has 33 heavy (non-hydrogen) atoms. The van der Waals surface area contributed by atoms with Gasteiger partial charge in [0, 0.05) is 56.8 Å². The van der Waals surface area contributed by atoms with Gasteiger partial charge >= 0.3 is 0 Å². The molecule has 0 aliphatic carbocycles.